The Bertz CT molecular complexity index is 483. The van der Waals surface area contributed by atoms with Gasteiger partial charge in [-0.15, -0.1) is 0 Å². The third-order valence-electron chi connectivity index (χ3n) is 4.54. The topological polar surface area (TPSA) is 57.7 Å². The van der Waals surface area contributed by atoms with Crippen molar-refractivity contribution >= 4 is 6.03 Å². The number of pyridine rings is 1. The van der Waals surface area contributed by atoms with Crippen LogP contribution in [-0.4, -0.2) is 66.2 Å². The second-order valence-electron chi connectivity index (χ2n) is 6.24. The van der Waals surface area contributed by atoms with E-state index in [-0.39, 0.29) is 6.03 Å². The molecule has 0 aliphatic carbocycles. The summed E-state index contributed by atoms with van der Waals surface area (Å²) in [5, 5.41) is 3.02. The maximum absolute atomic E-state index is 12.2. The van der Waals surface area contributed by atoms with Crippen molar-refractivity contribution in [3.8, 4) is 0 Å². The van der Waals surface area contributed by atoms with E-state index >= 15 is 0 Å². The van der Waals surface area contributed by atoms with E-state index < -0.39 is 0 Å². The van der Waals surface area contributed by atoms with Crippen molar-refractivity contribution in [1.82, 2.24) is 20.1 Å². The van der Waals surface area contributed by atoms with Crippen LogP contribution in [0.1, 0.15) is 25.0 Å². The van der Waals surface area contributed by atoms with E-state index in [1.54, 1.807) is 0 Å². The standard InChI is InChI=1S/C17H26N4O2/c22-17(19-8-6-16-5-3-13-23-16)21-11-9-20(10-12-21)14-15-4-1-2-7-18-15/h1-2,4,7,16H,3,5-6,8-14H2,(H,19,22)/t16-/m0/s1. The molecule has 0 unspecified atom stereocenters. The lowest BCUT2D eigenvalue weighted by molar-refractivity contribution is 0.103. The number of nitrogens with one attached hydrogen (secondary N) is 1. The van der Waals surface area contributed by atoms with Gasteiger partial charge in [-0.3, -0.25) is 9.88 Å². The number of hydrogen-bond donors (Lipinski definition) is 1. The molecule has 1 aromatic heterocycles. The molecule has 2 amide bonds. The summed E-state index contributed by atoms with van der Waals surface area (Å²) in [4.78, 5) is 20.8. The van der Waals surface area contributed by atoms with Gasteiger partial charge in [-0.2, -0.15) is 0 Å². The maximum Gasteiger partial charge on any atom is 0.317 e. The number of hydrogen-bond acceptors (Lipinski definition) is 4. The molecule has 1 N–H and O–H groups in total. The van der Waals surface area contributed by atoms with E-state index in [0.717, 1.165) is 64.3 Å². The van der Waals surface area contributed by atoms with Gasteiger partial charge >= 0.3 is 6.03 Å². The van der Waals surface area contributed by atoms with Gasteiger partial charge in [0, 0.05) is 52.1 Å². The molecule has 3 heterocycles. The van der Waals surface area contributed by atoms with Gasteiger partial charge in [-0.25, -0.2) is 4.79 Å². The minimum Gasteiger partial charge on any atom is -0.378 e. The highest BCUT2D eigenvalue weighted by Gasteiger charge is 2.21. The first-order chi connectivity index (χ1) is 11.3. The molecule has 0 saturated carbocycles. The molecule has 3 rings (SSSR count). The maximum atomic E-state index is 12.2. The van der Waals surface area contributed by atoms with Crippen molar-refractivity contribution in [2.24, 2.45) is 0 Å². The Balaban J connectivity index is 1.34. The lowest BCUT2D eigenvalue weighted by Gasteiger charge is -2.34. The molecule has 6 heteroatoms. The molecule has 0 radical (unpaired) electrons. The summed E-state index contributed by atoms with van der Waals surface area (Å²) in [5.41, 5.74) is 1.09. The highest BCUT2D eigenvalue weighted by molar-refractivity contribution is 5.74. The van der Waals surface area contributed by atoms with Gasteiger partial charge < -0.3 is 15.0 Å². The van der Waals surface area contributed by atoms with Gasteiger partial charge in [0.1, 0.15) is 0 Å². The highest BCUT2D eigenvalue weighted by Crippen LogP contribution is 2.14. The number of ether oxygens (including phenoxy) is 1. The van der Waals surface area contributed by atoms with Gasteiger partial charge in [0.25, 0.3) is 0 Å². The van der Waals surface area contributed by atoms with E-state index in [1.807, 2.05) is 29.3 Å². The van der Waals surface area contributed by atoms with E-state index in [9.17, 15) is 4.79 Å². The Morgan fingerprint density at radius 1 is 1.30 bits per heavy atom. The zero-order valence-electron chi connectivity index (χ0n) is 13.6. The molecule has 0 bridgehead atoms. The first kappa shape index (κ1) is 16.2. The average molecular weight is 318 g/mol. The minimum atomic E-state index is 0.0560. The van der Waals surface area contributed by atoms with Crippen LogP contribution in [0.3, 0.4) is 0 Å². The molecule has 2 aliphatic rings. The summed E-state index contributed by atoms with van der Waals surface area (Å²) >= 11 is 0. The fraction of sp³-hybridized carbons (Fsp3) is 0.647. The van der Waals surface area contributed by atoms with Crippen LogP contribution in [0.4, 0.5) is 4.79 Å². The Hall–Kier alpha value is -1.66. The number of carbonyl (C=O) groups is 1. The Labute approximate surface area is 137 Å². The lowest BCUT2D eigenvalue weighted by atomic mass is 10.2. The van der Waals surface area contributed by atoms with Crippen LogP contribution in [0.15, 0.2) is 24.4 Å². The van der Waals surface area contributed by atoms with Crippen LogP contribution in [0, 0.1) is 0 Å². The van der Waals surface area contributed by atoms with E-state index in [1.165, 1.54) is 0 Å². The monoisotopic (exact) mass is 318 g/mol. The number of nitrogens with zero attached hydrogens (tertiary/aromatic N) is 3. The second kappa shape index (κ2) is 8.26. The van der Waals surface area contributed by atoms with Crippen molar-refractivity contribution in [3.05, 3.63) is 30.1 Å². The molecule has 0 aromatic carbocycles. The fourth-order valence-electron chi connectivity index (χ4n) is 3.15. The Kier molecular flexibility index (Phi) is 5.82. The molecule has 2 aliphatic heterocycles. The molecule has 126 valence electrons. The van der Waals surface area contributed by atoms with Crippen molar-refractivity contribution < 1.29 is 9.53 Å². The summed E-state index contributed by atoms with van der Waals surface area (Å²) in [6.45, 7) is 5.78. The predicted molar refractivity (Wildman–Crippen MR) is 88.1 cm³/mol. The smallest absolute Gasteiger partial charge is 0.317 e. The van der Waals surface area contributed by atoms with Crippen molar-refractivity contribution in [2.45, 2.75) is 31.9 Å². The Morgan fingerprint density at radius 2 is 2.17 bits per heavy atom. The van der Waals surface area contributed by atoms with Crippen LogP contribution in [0.5, 0.6) is 0 Å². The first-order valence-corrected chi connectivity index (χ1v) is 8.58. The predicted octanol–water partition coefficient (Wildman–Crippen LogP) is 1.48. The Morgan fingerprint density at radius 3 is 2.87 bits per heavy atom. The number of piperazine rings is 1. The molecule has 0 spiro atoms. The summed E-state index contributed by atoms with van der Waals surface area (Å²) in [5.74, 6) is 0. The van der Waals surface area contributed by atoms with E-state index in [4.69, 9.17) is 4.74 Å². The van der Waals surface area contributed by atoms with E-state index in [2.05, 4.69) is 15.2 Å². The highest BCUT2D eigenvalue weighted by atomic mass is 16.5. The normalized spacial score (nSPS) is 22.3. The summed E-state index contributed by atoms with van der Waals surface area (Å²) in [7, 11) is 0. The van der Waals surface area contributed by atoms with Gasteiger partial charge in [-0.05, 0) is 31.4 Å². The largest absolute Gasteiger partial charge is 0.378 e. The zero-order chi connectivity index (χ0) is 15.9. The molecule has 2 saturated heterocycles. The molecule has 6 nitrogen and oxygen atoms in total. The SMILES string of the molecule is O=C(NCC[C@@H]1CCCO1)N1CCN(Cc2ccccn2)CC1. The van der Waals surface area contributed by atoms with Gasteiger partial charge in [0.2, 0.25) is 0 Å². The molecular weight excluding hydrogens is 292 g/mol. The third kappa shape index (κ3) is 4.91. The minimum absolute atomic E-state index is 0.0560. The molecular formula is C17H26N4O2. The molecule has 2 fully saturated rings. The van der Waals surface area contributed by atoms with E-state index in [0.29, 0.717) is 12.6 Å². The average Bonchev–Trinajstić information content (AvgIpc) is 3.10. The van der Waals surface area contributed by atoms with Crippen LogP contribution in [-0.2, 0) is 11.3 Å². The van der Waals surface area contributed by atoms with Crippen LogP contribution in [0.25, 0.3) is 0 Å². The molecule has 1 atom stereocenters. The van der Waals surface area contributed by atoms with Gasteiger partial charge in [0.15, 0.2) is 0 Å². The summed E-state index contributed by atoms with van der Waals surface area (Å²) in [6, 6.07) is 6.05. The first-order valence-electron chi connectivity index (χ1n) is 8.58. The number of urea groups is 1. The summed E-state index contributed by atoms with van der Waals surface area (Å²) in [6.07, 6.45) is 5.36. The molecule has 23 heavy (non-hydrogen) atoms. The second-order valence-corrected chi connectivity index (χ2v) is 6.24. The van der Waals surface area contributed by atoms with Crippen LogP contribution >= 0.6 is 0 Å². The molecule has 1 aromatic rings. The van der Waals surface area contributed by atoms with Crippen LogP contribution < -0.4 is 5.32 Å². The van der Waals surface area contributed by atoms with Crippen molar-refractivity contribution in [3.63, 3.8) is 0 Å². The number of aromatic nitrogens is 1. The van der Waals surface area contributed by atoms with Crippen molar-refractivity contribution in [1.29, 1.82) is 0 Å². The summed E-state index contributed by atoms with van der Waals surface area (Å²) < 4.78 is 5.57. The van der Waals surface area contributed by atoms with Gasteiger partial charge in [-0.1, -0.05) is 6.07 Å². The third-order valence-corrected chi connectivity index (χ3v) is 4.54. The fourth-order valence-corrected chi connectivity index (χ4v) is 3.15. The van der Waals surface area contributed by atoms with Crippen LogP contribution in [0.2, 0.25) is 0 Å². The number of amides is 2. The van der Waals surface area contributed by atoms with Gasteiger partial charge in [0.05, 0.1) is 11.8 Å². The lowest BCUT2D eigenvalue weighted by Crippen LogP contribution is -2.51. The zero-order valence-corrected chi connectivity index (χ0v) is 13.6. The van der Waals surface area contributed by atoms with Crippen molar-refractivity contribution in [2.75, 3.05) is 39.3 Å². The quantitative estimate of drug-likeness (QED) is 0.893. The number of rotatable bonds is 5. The number of carbonyl (C=O) groups excluding carboxylic acids is 1.